The predicted molar refractivity (Wildman–Crippen MR) is 63.4 cm³/mol. The van der Waals surface area contributed by atoms with Crippen LogP contribution in [0.2, 0.25) is 0 Å². The zero-order valence-electron chi connectivity index (χ0n) is 9.71. The maximum atomic E-state index is 11.8. The van der Waals surface area contributed by atoms with Crippen molar-refractivity contribution >= 4 is 11.7 Å². The molecule has 1 saturated heterocycles. The number of hydrogen-bond acceptors (Lipinski definition) is 3. The lowest BCUT2D eigenvalue weighted by atomic mass is 10.2. The van der Waals surface area contributed by atoms with E-state index in [1.807, 2.05) is 26.0 Å². The van der Waals surface area contributed by atoms with Gasteiger partial charge in [0, 0.05) is 5.69 Å². The molecule has 1 aliphatic rings. The van der Waals surface area contributed by atoms with Crippen molar-refractivity contribution < 1.29 is 4.79 Å². The first kappa shape index (κ1) is 11.1. The van der Waals surface area contributed by atoms with E-state index in [1.54, 1.807) is 0 Å². The molecule has 86 valence electrons. The third-order valence-corrected chi connectivity index (χ3v) is 2.73. The minimum Gasteiger partial charge on any atom is -0.309 e. The van der Waals surface area contributed by atoms with Gasteiger partial charge in [0.1, 0.15) is 5.82 Å². The number of nitrogens with one attached hydrogen (secondary N) is 2. The summed E-state index contributed by atoms with van der Waals surface area (Å²) in [5.74, 6) is 0.672. The number of aromatic nitrogens is 1. The Bertz CT molecular complexity index is 377. The monoisotopic (exact) mass is 219 g/mol. The Morgan fingerprint density at radius 3 is 2.94 bits per heavy atom. The predicted octanol–water partition coefficient (Wildman–Crippen LogP) is 1.39. The summed E-state index contributed by atoms with van der Waals surface area (Å²) < 4.78 is 0. The highest BCUT2D eigenvalue weighted by Gasteiger charge is 2.22. The Morgan fingerprint density at radius 1 is 1.50 bits per heavy atom. The number of carbonyl (C=O) groups is 1. The number of nitrogens with zero attached hydrogens (tertiary/aromatic N) is 1. The normalized spacial score (nSPS) is 19.8. The van der Waals surface area contributed by atoms with Gasteiger partial charge >= 0.3 is 0 Å². The average molecular weight is 219 g/mol. The molecule has 1 aromatic heterocycles. The summed E-state index contributed by atoms with van der Waals surface area (Å²) in [6.07, 6.45) is 1.98. The van der Waals surface area contributed by atoms with Crippen LogP contribution in [-0.4, -0.2) is 23.5 Å². The second kappa shape index (κ2) is 4.61. The number of carbonyl (C=O) groups excluding carboxylic acids is 1. The van der Waals surface area contributed by atoms with Crippen molar-refractivity contribution in [3.8, 4) is 0 Å². The molecule has 2 rings (SSSR count). The van der Waals surface area contributed by atoms with Gasteiger partial charge in [0.25, 0.3) is 0 Å². The van der Waals surface area contributed by atoms with E-state index in [-0.39, 0.29) is 11.9 Å². The molecule has 0 aliphatic carbocycles. The molecule has 1 aromatic rings. The van der Waals surface area contributed by atoms with Crippen molar-refractivity contribution in [2.24, 2.45) is 0 Å². The Kier molecular flexibility index (Phi) is 3.19. The van der Waals surface area contributed by atoms with Gasteiger partial charge in [-0.05, 0) is 50.9 Å². The number of pyridine rings is 1. The van der Waals surface area contributed by atoms with Crippen molar-refractivity contribution in [3.05, 3.63) is 23.4 Å². The van der Waals surface area contributed by atoms with E-state index < -0.39 is 0 Å². The minimum absolute atomic E-state index is 0.0231. The van der Waals surface area contributed by atoms with Crippen LogP contribution in [0.4, 0.5) is 5.82 Å². The standard InChI is InChI=1S/C12H17N3O/c1-8-6-9(2)14-11(7-8)15-12(16)10-4-3-5-13-10/h6-7,10,13H,3-5H2,1-2H3,(H,14,15,16)/t10-/m0/s1. The molecule has 2 heterocycles. The van der Waals surface area contributed by atoms with Gasteiger partial charge in [0.2, 0.25) is 5.91 Å². The smallest absolute Gasteiger partial charge is 0.242 e. The summed E-state index contributed by atoms with van der Waals surface area (Å²) in [5, 5.41) is 6.02. The summed E-state index contributed by atoms with van der Waals surface area (Å²) in [7, 11) is 0. The summed E-state index contributed by atoms with van der Waals surface area (Å²) in [6, 6.07) is 3.83. The van der Waals surface area contributed by atoms with Gasteiger partial charge in [0.05, 0.1) is 6.04 Å². The van der Waals surface area contributed by atoms with E-state index in [4.69, 9.17) is 0 Å². The highest BCUT2D eigenvalue weighted by molar-refractivity contribution is 5.94. The molecule has 1 aliphatic heterocycles. The molecular weight excluding hydrogens is 202 g/mol. The molecule has 4 heteroatoms. The van der Waals surface area contributed by atoms with Crippen LogP contribution in [0.5, 0.6) is 0 Å². The molecule has 0 spiro atoms. The minimum atomic E-state index is -0.0531. The third-order valence-electron chi connectivity index (χ3n) is 2.73. The summed E-state index contributed by atoms with van der Waals surface area (Å²) in [6.45, 7) is 4.85. The van der Waals surface area contributed by atoms with Crippen LogP contribution >= 0.6 is 0 Å². The molecule has 1 amide bonds. The van der Waals surface area contributed by atoms with Crippen molar-refractivity contribution in [1.29, 1.82) is 0 Å². The maximum Gasteiger partial charge on any atom is 0.242 e. The fraction of sp³-hybridized carbons (Fsp3) is 0.500. The van der Waals surface area contributed by atoms with Gasteiger partial charge in [-0.15, -0.1) is 0 Å². The first-order chi connectivity index (χ1) is 7.65. The van der Waals surface area contributed by atoms with Crippen LogP contribution in [-0.2, 0) is 4.79 Å². The van der Waals surface area contributed by atoms with Gasteiger partial charge in [-0.2, -0.15) is 0 Å². The maximum absolute atomic E-state index is 11.8. The highest BCUT2D eigenvalue weighted by Crippen LogP contribution is 2.11. The van der Waals surface area contributed by atoms with Gasteiger partial charge in [0.15, 0.2) is 0 Å². The second-order valence-corrected chi connectivity index (χ2v) is 4.31. The number of anilines is 1. The SMILES string of the molecule is Cc1cc(C)nc(NC(=O)[C@@H]2CCCN2)c1. The van der Waals surface area contributed by atoms with Crippen LogP contribution < -0.4 is 10.6 Å². The molecule has 0 radical (unpaired) electrons. The number of amides is 1. The molecule has 4 nitrogen and oxygen atoms in total. The molecule has 0 aromatic carbocycles. The van der Waals surface area contributed by atoms with E-state index >= 15 is 0 Å². The van der Waals surface area contributed by atoms with Crippen LogP contribution in [0, 0.1) is 13.8 Å². The van der Waals surface area contributed by atoms with E-state index in [0.717, 1.165) is 30.6 Å². The largest absolute Gasteiger partial charge is 0.309 e. The summed E-state index contributed by atoms with van der Waals surface area (Å²) in [4.78, 5) is 16.1. The lowest BCUT2D eigenvalue weighted by Gasteiger charge is -2.11. The Balaban J connectivity index is 2.05. The fourth-order valence-corrected chi connectivity index (χ4v) is 2.03. The lowest BCUT2D eigenvalue weighted by Crippen LogP contribution is -2.35. The number of aryl methyl sites for hydroxylation is 2. The molecular formula is C12H17N3O. The van der Waals surface area contributed by atoms with Crippen LogP contribution in [0.1, 0.15) is 24.1 Å². The molecule has 0 unspecified atom stereocenters. The van der Waals surface area contributed by atoms with Crippen molar-refractivity contribution in [2.45, 2.75) is 32.7 Å². The molecule has 1 fully saturated rings. The van der Waals surface area contributed by atoms with Crippen LogP contribution in [0.15, 0.2) is 12.1 Å². The topological polar surface area (TPSA) is 54.0 Å². The van der Waals surface area contributed by atoms with Crippen molar-refractivity contribution in [1.82, 2.24) is 10.3 Å². The molecule has 16 heavy (non-hydrogen) atoms. The van der Waals surface area contributed by atoms with Crippen molar-refractivity contribution in [2.75, 3.05) is 11.9 Å². The summed E-state index contributed by atoms with van der Waals surface area (Å²) >= 11 is 0. The third kappa shape index (κ3) is 2.58. The van der Waals surface area contributed by atoms with Crippen LogP contribution in [0.25, 0.3) is 0 Å². The van der Waals surface area contributed by atoms with E-state index in [0.29, 0.717) is 5.82 Å². The molecule has 2 N–H and O–H groups in total. The van der Waals surface area contributed by atoms with Gasteiger partial charge < -0.3 is 10.6 Å². The number of rotatable bonds is 2. The Labute approximate surface area is 95.5 Å². The first-order valence-electron chi connectivity index (χ1n) is 5.65. The molecule has 0 saturated carbocycles. The Morgan fingerprint density at radius 2 is 2.31 bits per heavy atom. The first-order valence-corrected chi connectivity index (χ1v) is 5.65. The fourth-order valence-electron chi connectivity index (χ4n) is 2.03. The van der Waals surface area contributed by atoms with E-state index in [2.05, 4.69) is 15.6 Å². The zero-order chi connectivity index (χ0) is 11.5. The van der Waals surface area contributed by atoms with E-state index in [1.165, 1.54) is 0 Å². The highest BCUT2D eigenvalue weighted by atomic mass is 16.2. The second-order valence-electron chi connectivity index (χ2n) is 4.31. The van der Waals surface area contributed by atoms with E-state index in [9.17, 15) is 4.79 Å². The Hall–Kier alpha value is -1.42. The number of hydrogen-bond donors (Lipinski definition) is 2. The molecule has 0 bridgehead atoms. The molecule has 1 atom stereocenters. The quantitative estimate of drug-likeness (QED) is 0.790. The lowest BCUT2D eigenvalue weighted by molar-refractivity contribution is -0.117. The van der Waals surface area contributed by atoms with Gasteiger partial charge in [-0.3, -0.25) is 4.79 Å². The summed E-state index contributed by atoms with van der Waals surface area (Å²) in [5.41, 5.74) is 2.04. The van der Waals surface area contributed by atoms with Gasteiger partial charge in [-0.1, -0.05) is 0 Å². The zero-order valence-corrected chi connectivity index (χ0v) is 9.71. The van der Waals surface area contributed by atoms with Crippen molar-refractivity contribution in [3.63, 3.8) is 0 Å². The average Bonchev–Trinajstić information content (AvgIpc) is 2.68. The van der Waals surface area contributed by atoms with Gasteiger partial charge in [-0.25, -0.2) is 4.98 Å². The van der Waals surface area contributed by atoms with Crippen LogP contribution in [0.3, 0.4) is 0 Å².